The van der Waals surface area contributed by atoms with Crippen molar-refractivity contribution in [2.24, 2.45) is 5.73 Å². The molecule has 6 heteroatoms. The van der Waals surface area contributed by atoms with Gasteiger partial charge in [-0.2, -0.15) is 0 Å². The highest BCUT2D eigenvalue weighted by molar-refractivity contribution is 5.66. The molecule has 0 aliphatic carbocycles. The number of hydrogen-bond acceptors (Lipinski definition) is 4. The van der Waals surface area contributed by atoms with E-state index in [-0.39, 0.29) is 24.0 Å². The predicted molar refractivity (Wildman–Crippen MR) is 58.3 cm³/mol. The number of rotatable bonds is 4. The number of aliphatic carboxylic acids is 1. The van der Waals surface area contributed by atoms with Crippen LogP contribution in [0.3, 0.4) is 0 Å². The first-order valence-corrected chi connectivity index (χ1v) is 5.03. The Morgan fingerprint density at radius 1 is 1.47 bits per heavy atom. The zero-order chi connectivity index (χ0) is 13.2. The lowest BCUT2D eigenvalue weighted by Gasteiger charge is -2.14. The van der Waals surface area contributed by atoms with Gasteiger partial charge in [0, 0.05) is 18.0 Å². The van der Waals surface area contributed by atoms with Crippen molar-refractivity contribution in [2.75, 3.05) is 0 Å². The lowest BCUT2D eigenvalue weighted by atomic mass is 9.99. The number of aryl methyl sites for hydroxylation is 1. The Morgan fingerprint density at radius 3 is 2.59 bits per heavy atom. The summed E-state index contributed by atoms with van der Waals surface area (Å²) in [5.74, 6) is -3.42. The molecule has 0 bridgehead atoms. The standard InChI is InChI=1S/C11H14FNO4/c1-5-4-6(7(13)2-3-8(14)15)9(12)11(17)10(5)16/h4,7,16-17H,2-3,13H2,1H3,(H,14,15). The number of carbonyl (C=O) groups is 1. The minimum absolute atomic E-state index is 0.000880. The topological polar surface area (TPSA) is 104 Å². The molecule has 0 amide bonds. The molecule has 17 heavy (non-hydrogen) atoms. The minimum Gasteiger partial charge on any atom is -0.504 e. The van der Waals surface area contributed by atoms with Gasteiger partial charge in [-0.25, -0.2) is 4.39 Å². The van der Waals surface area contributed by atoms with E-state index in [1.807, 2.05) is 0 Å². The molecule has 0 radical (unpaired) electrons. The molecule has 0 heterocycles. The third-order valence-corrected chi connectivity index (χ3v) is 2.50. The number of aromatic hydroxyl groups is 2. The van der Waals surface area contributed by atoms with E-state index in [9.17, 15) is 19.4 Å². The number of halogens is 1. The molecule has 0 aliphatic heterocycles. The average molecular weight is 243 g/mol. The third kappa shape index (κ3) is 2.85. The number of hydrogen-bond donors (Lipinski definition) is 4. The molecule has 0 aromatic heterocycles. The molecule has 1 rings (SSSR count). The van der Waals surface area contributed by atoms with Crippen LogP contribution < -0.4 is 5.73 Å². The second kappa shape index (κ2) is 5.01. The summed E-state index contributed by atoms with van der Waals surface area (Å²) in [5, 5.41) is 27.1. The van der Waals surface area contributed by atoms with Gasteiger partial charge >= 0.3 is 5.97 Å². The van der Waals surface area contributed by atoms with E-state index in [2.05, 4.69) is 0 Å². The predicted octanol–water partition coefficient (Wildman–Crippen LogP) is 1.41. The van der Waals surface area contributed by atoms with Crippen molar-refractivity contribution in [1.82, 2.24) is 0 Å². The molecular weight excluding hydrogens is 229 g/mol. The highest BCUT2D eigenvalue weighted by Crippen LogP contribution is 2.36. The molecule has 0 saturated carbocycles. The number of carboxylic acids is 1. The zero-order valence-electron chi connectivity index (χ0n) is 9.27. The van der Waals surface area contributed by atoms with Gasteiger partial charge in [0.25, 0.3) is 0 Å². The fourth-order valence-electron chi connectivity index (χ4n) is 1.50. The van der Waals surface area contributed by atoms with Gasteiger partial charge in [0.1, 0.15) is 0 Å². The van der Waals surface area contributed by atoms with E-state index in [0.29, 0.717) is 0 Å². The molecular formula is C11H14FNO4. The minimum atomic E-state index is -1.03. The number of phenolic OH excluding ortho intramolecular Hbond substituents is 2. The maximum Gasteiger partial charge on any atom is 0.303 e. The van der Waals surface area contributed by atoms with Gasteiger partial charge in [0.05, 0.1) is 0 Å². The molecule has 94 valence electrons. The van der Waals surface area contributed by atoms with Crippen molar-refractivity contribution in [3.05, 3.63) is 23.0 Å². The molecule has 1 aromatic rings. The summed E-state index contributed by atoms with van der Waals surface area (Å²) in [4.78, 5) is 10.4. The van der Waals surface area contributed by atoms with Gasteiger partial charge in [-0.05, 0) is 25.0 Å². The Kier molecular flexibility index (Phi) is 3.90. The van der Waals surface area contributed by atoms with Crippen molar-refractivity contribution in [3.63, 3.8) is 0 Å². The second-order valence-electron chi connectivity index (χ2n) is 3.83. The lowest BCUT2D eigenvalue weighted by Crippen LogP contribution is -2.14. The zero-order valence-corrected chi connectivity index (χ0v) is 9.27. The molecule has 5 N–H and O–H groups in total. The van der Waals surface area contributed by atoms with Crippen LogP contribution >= 0.6 is 0 Å². The number of benzene rings is 1. The fourth-order valence-corrected chi connectivity index (χ4v) is 1.50. The summed E-state index contributed by atoms with van der Waals surface area (Å²) in [7, 11) is 0. The van der Waals surface area contributed by atoms with Gasteiger partial charge < -0.3 is 21.1 Å². The maximum absolute atomic E-state index is 13.6. The van der Waals surface area contributed by atoms with Crippen molar-refractivity contribution in [1.29, 1.82) is 0 Å². The highest BCUT2D eigenvalue weighted by Gasteiger charge is 2.20. The van der Waals surface area contributed by atoms with Gasteiger partial charge in [0.2, 0.25) is 0 Å². The number of nitrogens with two attached hydrogens (primary N) is 1. The molecule has 1 atom stereocenters. The van der Waals surface area contributed by atoms with Crippen molar-refractivity contribution in [3.8, 4) is 11.5 Å². The van der Waals surface area contributed by atoms with E-state index in [1.54, 1.807) is 0 Å². The Bertz CT molecular complexity index is 448. The van der Waals surface area contributed by atoms with Crippen LogP contribution in [0.4, 0.5) is 4.39 Å². The van der Waals surface area contributed by atoms with Gasteiger partial charge in [-0.3, -0.25) is 4.79 Å². The van der Waals surface area contributed by atoms with Gasteiger partial charge in [-0.1, -0.05) is 0 Å². The number of phenols is 2. The van der Waals surface area contributed by atoms with E-state index in [0.717, 1.165) is 0 Å². The highest BCUT2D eigenvalue weighted by atomic mass is 19.1. The summed E-state index contributed by atoms with van der Waals surface area (Å²) < 4.78 is 13.6. The van der Waals surface area contributed by atoms with Crippen LogP contribution in [-0.4, -0.2) is 21.3 Å². The Labute approximate surface area is 97.3 Å². The SMILES string of the molecule is Cc1cc(C(N)CCC(=O)O)c(F)c(O)c1O. The molecule has 5 nitrogen and oxygen atoms in total. The molecule has 0 aliphatic rings. The third-order valence-electron chi connectivity index (χ3n) is 2.50. The second-order valence-corrected chi connectivity index (χ2v) is 3.83. The fraction of sp³-hybridized carbons (Fsp3) is 0.364. The van der Waals surface area contributed by atoms with Gasteiger partial charge in [-0.15, -0.1) is 0 Å². The molecule has 1 unspecified atom stereocenters. The largest absolute Gasteiger partial charge is 0.504 e. The van der Waals surface area contributed by atoms with Crippen LogP contribution in [0.15, 0.2) is 6.07 Å². The van der Waals surface area contributed by atoms with Crippen molar-refractivity contribution < 1.29 is 24.5 Å². The van der Waals surface area contributed by atoms with E-state index < -0.39 is 29.3 Å². The van der Waals surface area contributed by atoms with E-state index in [4.69, 9.17) is 10.8 Å². The quantitative estimate of drug-likeness (QED) is 0.598. The van der Waals surface area contributed by atoms with Crippen molar-refractivity contribution >= 4 is 5.97 Å². The van der Waals surface area contributed by atoms with Crippen molar-refractivity contribution in [2.45, 2.75) is 25.8 Å². The average Bonchev–Trinajstić information content (AvgIpc) is 2.28. The first-order valence-electron chi connectivity index (χ1n) is 5.03. The Morgan fingerprint density at radius 2 is 2.06 bits per heavy atom. The van der Waals surface area contributed by atoms with Crippen LogP contribution in [0.1, 0.15) is 30.0 Å². The lowest BCUT2D eigenvalue weighted by molar-refractivity contribution is -0.137. The van der Waals surface area contributed by atoms with E-state index in [1.165, 1.54) is 13.0 Å². The summed E-state index contributed by atoms with van der Waals surface area (Å²) >= 11 is 0. The first kappa shape index (κ1) is 13.2. The summed E-state index contributed by atoms with van der Waals surface area (Å²) in [6, 6.07) is 0.466. The van der Waals surface area contributed by atoms with Crippen LogP contribution in [0.25, 0.3) is 0 Å². The summed E-state index contributed by atoms with van der Waals surface area (Å²) in [6.45, 7) is 1.49. The molecule has 0 fully saturated rings. The molecule has 1 aromatic carbocycles. The van der Waals surface area contributed by atoms with Crippen LogP contribution in [0.2, 0.25) is 0 Å². The molecule has 0 spiro atoms. The monoisotopic (exact) mass is 243 g/mol. The molecule has 0 saturated heterocycles. The smallest absolute Gasteiger partial charge is 0.303 e. The Balaban J connectivity index is 3.02. The summed E-state index contributed by atoms with van der Waals surface area (Å²) in [5.41, 5.74) is 5.92. The van der Waals surface area contributed by atoms with Gasteiger partial charge in [0.15, 0.2) is 17.3 Å². The van der Waals surface area contributed by atoms with Crippen LogP contribution in [0, 0.1) is 12.7 Å². The van der Waals surface area contributed by atoms with E-state index >= 15 is 0 Å². The maximum atomic E-state index is 13.6. The van der Waals surface area contributed by atoms with Crippen LogP contribution in [-0.2, 0) is 4.79 Å². The summed E-state index contributed by atoms with van der Waals surface area (Å²) in [6.07, 6.45) is -0.142. The number of carboxylic acid groups (broad SMARTS) is 1. The van der Waals surface area contributed by atoms with Crippen LogP contribution in [0.5, 0.6) is 11.5 Å². The first-order chi connectivity index (χ1) is 7.84. The Hall–Kier alpha value is -1.82. The normalized spacial score (nSPS) is 12.4.